The van der Waals surface area contributed by atoms with Gasteiger partial charge in [-0.3, -0.25) is 4.79 Å². The van der Waals surface area contributed by atoms with Gasteiger partial charge in [0.1, 0.15) is 0 Å². The van der Waals surface area contributed by atoms with Crippen molar-refractivity contribution >= 4 is 23.2 Å². The van der Waals surface area contributed by atoms with Crippen molar-refractivity contribution in [2.24, 2.45) is 5.41 Å². The number of rotatable bonds is 2. The standard InChI is InChI=1S/C11H8ClF6NO/c1-9(10(13,14)15,11(16,17)18)8(20)19-7-4-2-6(12)3-5-7/h2-5H,1H3,(H,19,20). The number of amides is 1. The third kappa shape index (κ3) is 3.00. The van der Waals surface area contributed by atoms with Gasteiger partial charge in [0.05, 0.1) is 0 Å². The molecule has 1 rings (SSSR count). The van der Waals surface area contributed by atoms with Crippen LogP contribution in [0.1, 0.15) is 6.92 Å². The summed E-state index contributed by atoms with van der Waals surface area (Å²) in [6.07, 6.45) is -11.6. The lowest BCUT2D eigenvalue weighted by atomic mass is 9.87. The van der Waals surface area contributed by atoms with Crippen LogP contribution >= 0.6 is 11.6 Å². The molecule has 0 saturated carbocycles. The van der Waals surface area contributed by atoms with Crippen molar-refractivity contribution in [3.63, 3.8) is 0 Å². The molecule has 0 unspecified atom stereocenters. The van der Waals surface area contributed by atoms with Gasteiger partial charge in [-0.2, -0.15) is 26.3 Å². The predicted molar refractivity (Wildman–Crippen MR) is 60.3 cm³/mol. The maximum Gasteiger partial charge on any atom is 0.411 e. The number of nitrogens with one attached hydrogen (secondary N) is 1. The second-order valence-electron chi connectivity index (χ2n) is 4.08. The molecular formula is C11H8ClF6NO. The first kappa shape index (κ1) is 16.6. The highest BCUT2D eigenvalue weighted by Crippen LogP contribution is 2.50. The van der Waals surface area contributed by atoms with E-state index in [0.29, 0.717) is 0 Å². The van der Waals surface area contributed by atoms with Crippen LogP contribution in [0.4, 0.5) is 32.0 Å². The van der Waals surface area contributed by atoms with Crippen molar-refractivity contribution in [3.8, 4) is 0 Å². The number of carbonyl (C=O) groups excluding carboxylic acids is 1. The summed E-state index contributed by atoms with van der Waals surface area (Å²) >= 11 is 5.51. The SMILES string of the molecule is CC(C(=O)Nc1ccc(Cl)cc1)(C(F)(F)F)C(F)(F)F. The minimum absolute atomic E-state index is 0.210. The Labute approximate surface area is 114 Å². The fraction of sp³-hybridized carbons (Fsp3) is 0.364. The largest absolute Gasteiger partial charge is 0.411 e. The van der Waals surface area contributed by atoms with Gasteiger partial charge in [-0.05, 0) is 31.2 Å². The zero-order valence-corrected chi connectivity index (χ0v) is 10.6. The highest BCUT2D eigenvalue weighted by atomic mass is 35.5. The van der Waals surface area contributed by atoms with Crippen molar-refractivity contribution in [2.75, 3.05) is 5.32 Å². The van der Waals surface area contributed by atoms with Crippen LogP contribution < -0.4 is 5.32 Å². The molecule has 1 N–H and O–H groups in total. The number of carbonyl (C=O) groups is 1. The minimum atomic E-state index is -5.78. The second-order valence-corrected chi connectivity index (χ2v) is 4.52. The highest BCUT2D eigenvalue weighted by molar-refractivity contribution is 6.30. The Hall–Kier alpha value is -1.44. The van der Waals surface area contributed by atoms with Gasteiger partial charge in [0.2, 0.25) is 11.3 Å². The van der Waals surface area contributed by atoms with Gasteiger partial charge in [0, 0.05) is 10.7 Å². The normalized spacial score (nSPS) is 13.2. The Kier molecular flexibility index (Phi) is 4.28. The van der Waals surface area contributed by atoms with Gasteiger partial charge in [0.25, 0.3) is 0 Å². The molecule has 2 nitrogen and oxygen atoms in total. The van der Waals surface area contributed by atoms with E-state index in [9.17, 15) is 31.1 Å². The van der Waals surface area contributed by atoms with Gasteiger partial charge in [-0.1, -0.05) is 11.6 Å². The molecule has 0 spiro atoms. The Morgan fingerprint density at radius 1 is 1.00 bits per heavy atom. The summed E-state index contributed by atoms with van der Waals surface area (Å²) in [6.45, 7) is -0.210. The maximum absolute atomic E-state index is 12.6. The molecule has 20 heavy (non-hydrogen) atoms. The molecule has 0 radical (unpaired) electrons. The second kappa shape index (κ2) is 5.16. The van der Waals surface area contributed by atoms with Crippen LogP contribution in [0.5, 0.6) is 0 Å². The minimum Gasteiger partial charge on any atom is -0.325 e. The smallest absolute Gasteiger partial charge is 0.325 e. The Bertz CT molecular complexity index is 479. The van der Waals surface area contributed by atoms with Gasteiger partial charge in [-0.25, -0.2) is 0 Å². The molecular weight excluding hydrogens is 312 g/mol. The van der Waals surface area contributed by atoms with E-state index in [1.165, 1.54) is 12.1 Å². The van der Waals surface area contributed by atoms with Crippen LogP contribution in [-0.2, 0) is 4.79 Å². The highest BCUT2D eigenvalue weighted by Gasteiger charge is 2.72. The first-order valence-electron chi connectivity index (χ1n) is 5.10. The van der Waals surface area contributed by atoms with Crippen molar-refractivity contribution in [1.82, 2.24) is 0 Å². The first-order valence-corrected chi connectivity index (χ1v) is 5.48. The summed E-state index contributed by atoms with van der Waals surface area (Å²) in [5, 5.41) is 1.81. The zero-order valence-electron chi connectivity index (χ0n) is 9.86. The Balaban J connectivity index is 3.11. The zero-order chi connectivity index (χ0) is 15.8. The third-order valence-electron chi connectivity index (χ3n) is 2.69. The lowest BCUT2D eigenvalue weighted by molar-refractivity contribution is -0.317. The van der Waals surface area contributed by atoms with E-state index in [4.69, 9.17) is 11.6 Å². The topological polar surface area (TPSA) is 29.1 Å². The molecule has 1 amide bonds. The molecule has 0 bridgehead atoms. The van der Waals surface area contributed by atoms with Crippen molar-refractivity contribution < 1.29 is 31.1 Å². The van der Waals surface area contributed by atoms with Gasteiger partial charge in [0.15, 0.2) is 0 Å². The van der Waals surface area contributed by atoms with E-state index in [1.54, 1.807) is 5.32 Å². The summed E-state index contributed by atoms with van der Waals surface area (Å²) in [5.41, 5.74) is -4.72. The van der Waals surface area contributed by atoms with Crippen molar-refractivity contribution in [1.29, 1.82) is 0 Å². The summed E-state index contributed by atoms with van der Waals surface area (Å²) in [5.74, 6) is -2.21. The van der Waals surface area contributed by atoms with Gasteiger partial charge >= 0.3 is 12.4 Å². The monoisotopic (exact) mass is 319 g/mol. The first-order chi connectivity index (χ1) is 8.89. The van der Waals surface area contributed by atoms with E-state index >= 15 is 0 Å². The molecule has 0 aliphatic heterocycles. The molecule has 112 valence electrons. The fourth-order valence-electron chi connectivity index (χ4n) is 1.21. The van der Waals surface area contributed by atoms with E-state index in [1.807, 2.05) is 0 Å². The van der Waals surface area contributed by atoms with Crippen molar-refractivity contribution in [3.05, 3.63) is 29.3 Å². The average Bonchev–Trinajstić information content (AvgIpc) is 2.28. The van der Waals surface area contributed by atoms with Gasteiger partial charge in [-0.15, -0.1) is 0 Å². The molecule has 0 saturated heterocycles. The summed E-state index contributed by atoms with van der Waals surface area (Å²) in [4.78, 5) is 11.4. The summed E-state index contributed by atoms with van der Waals surface area (Å²) in [7, 11) is 0. The Morgan fingerprint density at radius 2 is 1.40 bits per heavy atom. The molecule has 0 aliphatic carbocycles. The quantitative estimate of drug-likeness (QED) is 0.804. The molecule has 1 aromatic carbocycles. The third-order valence-corrected chi connectivity index (χ3v) is 2.94. The van der Waals surface area contributed by atoms with Gasteiger partial charge < -0.3 is 5.32 Å². The number of alkyl halides is 6. The van der Waals surface area contributed by atoms with Crippen LogP contribution in [0, 0.1) is 5.41 Å². The van der Waals surface area contributed by atoms with Crippen LogP contribution in [-0.4, -0.2) is 18.3 Å². The molecule has 9 heteroatoms. The number of halogens is 7. The Morgan fingerprint density at radius 3 is 1.75 bits per heavy atom. The molecule has 0 fully saturated rings. The maximum atomic E-state index is 12.6. The van der Waals surface area contributed by atoms with Crippen LogP contribution in [0.25, 0.3) is 0 Å². The molecule has 0 aromatic heterocycles. The lowest BCUT2D eigenvalue weighted by Gasteiger charge is -2.32. The van der Waals surface area contributed by atoms with Crippen LogP contribution in [0.3, 0.4) is 0 Å². The lowest BCUT2D eigenvalue weighted by Crippen LogP contribution is -2.55. The summed E-state index contributed by atoms with van der Waals surface area (Å²) < 4.78 is 75.7. The summed E-state index contributed by atoms with van der Waals surface area (Å²) in [6, 6.07) is 4.62. The molecule has 0 aliphatic rings. The van der Waals surface area contributed by atoms with Crippen LogP contribution in [0.2, 0.25) is 5.02 Å². The number of hydrogen-bond donors (Lipinski definition) is 1. The predicted octanol–water partition coefficient (Wildman–Crippen LogP) is 4.41. The molecule has 0 heterocycles. The van der Waals surface area contributed by atoms with E-state index in [0.717, 1.165) is 12.1 Å². The number of hydrogen-bond acceptors (Lipinski definition) is 1. The number of anilines is 1. The molecule has 0 atom stereocenters. The van der Waals surface area contributed by atoms with Crippen molar-refractivity contribution in [2.45, 2.75) is 19.3 Å². The average molecular weight is 320 g/mol. The number of benzene rings is 1. The van der Waals surface area contributed by atoms with E-state index in [2.05, 4.69) is 0 Å². The fourth-order valence-corrected chi connectivity index (χ4v) is 1.33. The molecule has 1 aromatic rings. The van der Waals surface area contributed by atoms with E-state index in [-0.39, 0.29) is 17.6 Å². The van der Waals surface area contributed by atoms with E-state index < -0.39 is 23.7 Å². The van der Waals surface area contributed by atoms with Crippen LogP contribution in [0.15, 0.2) is 24.3 Å².